The summed E-state index contributed by atoms with van der Waals surface area (Å²) in [6.07, 6.45) is 1.82. The third kappa shape index (κ3) is 4.12. The van der Waals surface area contributed by atoms with Gasteiger partial charge in [-0.1, -0.05) is 0 Å². The summed E-state index contributed by atoms with van der Waals surface area (Å²) >= 11 is 0. The second-order valence-electron chi connectivity index (χ2n) is 7.35. The normalized spacial score (nSPS) is 17.1. The van der Waals surface area contributed by atoms with Gasteiger partial charge in [-0.25, -0.2) is 4.98 Å². The Kier molecular flexibility index (Phi) is 6.07. The molecule has 1 aliphatic rings. The standard InChI is InChI=1S/C21H30N2O4/c1-13-19(25-4)7-6-17(20(13)26-5)21-22-18(15(3)27-21)12-23-10-8-16(9-11-23)14(2)24/h6-7,14,16,24H,8-12H2,1-5H3/t14-/m0/s1. The second-order valence-corrected chi connectivity index (χ2v) is 7.35. The summed E-state index contributed by atoms with van der Waals surface area (Å²) in [5.74, 6) is 3.31. The van der Waals surface area contributed by atoms with Crippen LogP contribution in [-0.2, 0) is 6.54 Å². The topological polar surface area (TPSA) is 68.0 Å². The number of aromatic nitrogens is 1. The zero-order chi connectivity index (χ0) is 19.6. The summed E-state index contributed by atoms with van der Waals surface area (Å²) in [6.45, 7) is 8.52. The van der Waals surface area contributed by atoms with Crippen molar-refractivity contribution in [3.05, 3.63) is 29.2 Å². The number of rotatable bonds is 6. The highest BCUT2D eigenvalue weighted by molar-refractivity contribution is 5.68. The molecule has 1 fully saturated rings. The van der Waals surface area contributed by atoms with E-state index in [4.69, 9.17) is 18.9 Å². The highest BCUT2D eigenvalue weighted by Crippen LogP contribution is 2.38. The van der Waals surface area contributed by atoms with Crippen LogP contribution in [0.25, 0.3) is 11.5 Å². The Bertz CT molecular complexity index is 777. The van der Waals surface area contributed by atoms with Gasteiger partial charge in [-0.3, -0.25) is 4.90 Å². The van der Waals surface area contributed by atoms with Crippen LogP contribution < -0.4 is 9.47 Å². The summed E-state index contributed by atoms with van der Waals surface area (Å²) in [5.41, 5.74) is 2.71. The number of oxazole rings is 1. The lowest BCUT2D eigenvalue weighted by molar-refractivity contribution is 0.0690. The van der Waals surface area contributed by atoms with Gasteiger partial charge in [-0.15, -0.1) is 0 Å². The predicted octanol–water partition coefficient (Wildman–Crippen LogP) is 3.57. The van der Waals surface area contributed by atoms with Crippen LogP contribution in [0.5, 0.6) is 11.5 Å². The maximum absolute atomic E-state index is 9.77. The summed E-state index contributed by atoms with van der Waals surface area (Å²) in [4.78, 5) is 7.13. The first kappa shape index (κ1) is 19.7. The first-order valence-corrected chi connectivity index (χ1v) is 9.53. The molecule has 1 atom stereocenters. The van der Waals surface area contributed by atoms with E-state index in [2.05, 4.69) is 4.90 Å². The van der Waals surface area contributed by atoms with E-state index in [1.165, 1.54) is 0 Å². The number of benzene rings is 1. The molecule has 0 amide bonds. The lowest BCUT2D eigenvalue weighted by Gasteiger charge is -2.32. The van der Waals surface area contributed by atoms with Crippen LogP contribution >= 0.6 is 0 Å². The van der Waals surface area contributed by atoms with Crippen molar-refractivity contribution in [2.75, 3.05) is 27.3 Å². The molecule has 2 aromatic rings. The SMILES string of the molecule is COc1ccc(-c2nc(CN3CCC([C@H](C)O)CC3)c(C)o2)c(OC)c1C. The maximum Gasteiger partial charge on any atom is 0.230 e. The van der Waals surface area contributed by atoms with Gasteiger partial charge < -0.3 is 19.0 Å². The molecule has 0 saturated carbocycles. The van der Waals surface area contributed by atoms with Crippen molar-refractivity contribution in [2.45, 2.75) is 46.3 Å². The predicted molar refractivity (Wildman–Crippen MR) is 104 cm³/mol. The lowest BCUT2D eigenvalue weighted by Crippen LogP contribution is -2.36. The average Bonchev–Trinajstić information content (AvgIpc) is 3.02. The van der Waals surface area contributed by atoms with Crippen LogP contribution in [0.2, 0.25) is 0 Å². The number of nitrogens with zero attached hydrogens (tertiary/aromatic N) is 2. The van der Waals surface area contributed by atoms with E-state index < -0.39 is 0 Å². The summed E-state index contributed by atoms with van der Waals surface area (Å²) < 4.78 is 16.9. The molecule has 0 bridgehead atoms. The van der Waals surface area contributed by atoms with E-state index in [0.717, 1.165) is 66.6 Å². The number of ether oxygens (including phenoxy) is 2. The number of aryl methyl sites for hydroxylation is 1. The summed E-state index contributed by atoms with van der Waals surface area (Å²) in [5, 5.41) is 9.77. The fraction of sp³-hybridized carbons (Fsp3) is 0.571. The quantitative estimate of drug-likeness (QED) is 0.834. The molecule has 27 heavy (non-hydrogen) atoms. The maximum atomic E-state index is 9.77. The van der Waals surface area contributed by atoms with Crippen LogP contribution in [0.15, 0.2) is 16.5 Å². The number of aliphatic hydroxyl groups excluding tert-OH is 1. The number of aliphatic hydroxyl groups is 1. The molecule has 1 aliphatic heterocycles. The van der Waals surface area contributed by atoms with Gasteiger partial charge in [0.1, 0.15) is 17.3 Å². The number of hydrogen-bond acceptors (Lipinski definition) is 6. The Morgan fingerprint density at radius 1 is 1.22 bits per heavy atom. The Hall–Kier alpha value is -2.05. The fourth-order valence-electron chi connectivity index (χ4n) is 3.82. The first-order chi connectivity index (χ1) is 12.9. The van der Waals surface area contributed by atoms with Gasteiger partial charge in [0, 0.05) is 12.1 Å². The molecule has 6 heteroatoms. The Morgan fingerprint density at radius 2 is 1.93 bits per heavy atom. The van der Waals surface area contributed by atoms with Crippen LogP contribution in [0.4, 0.5) is 0 Å². The monoisotopic (exact) mass is 374 g/mol. The minimum atomic E-state index is -0.224. The van der Waals surface area contributed by atoms with Crippen molar-refractivity contribution in [3.63, 3.8) is 0 Å². The number of likely N-dealkylation sites (tertiary alicyclic amines) is 1. The van der Waals surface area contributed by atoms with Crippen molar-refractivity contribution in [1.29, 1.82) is 0 Å². The molecule has 0 aliphatic carbocycles. The Labute approximate surface area is 161 Å². The molecule has 6 nitrogen and oxygen atoms in total. The van der Waals surface area contributed by atoms with Crippen LogP contribution in [-0.4, -0.2) is 48.4 Å². The molecule has 1 aromatic heterocycles. The average molecular weight is 374 g/mol. The van der Waals surface area contributed by atoms with Crippen molar-refractivity contribution >= 4 is 0 Å². The van der Waals surface area contributed by atoms with Gasteiger partial charge in [-0.05, 0) is 64.8 Å². The zero-order valence-corrected chi connectivity index (χ0v) is 16.9. The molecular formula is C21H30N2O4. The summed E-state index contributed by atoms with van der Waals surface area (Å²) in [7, 11) is 3.30. The van der Waals surface area contributed by atoms with Crippen molar-refractivity contribution in [3.8, 4) is 23.0 Å². The molecule has 3 rings (SSSR count). The summed E-state index contributed by atoms with van der Waals surface area (Å²) in [6, 6.07) is 3.83. The molecule has 2 heterocycles. The van der Waals surface area contributed by atoms with Crippen LogP contribution in [0.3, 0.4) is 0 Å². The van der Waals surface area contributed by atoms with Gasteiger partial charge >= 0.3 is 0 Å². The first-order valence-electron chi connectivity index (χ1n) is 9.53. The van der Waals surface area contributed by atoms with E-state index in [-0.39, 0.29) is 6.10 Å². The Morgan fingerprint density at radius 3 is 2.52 bits per heavy atom. The van der Waals surface area contributed by atoms with Crippen LogP contribution in [0.1, 0.15) is 36.8 Å². The number of hydrogen-bond donors (Lipinski definition) is 1. The van der Waals surface area contributed by atoms with Crippen LogP contribution in [0, 0.1) is 19.8 Å². The largest absolute Gasteiger partial charge is 0.496 e. The molecule has 148 valence electrons. The van der Waals surface area contributed by atoms with E-state index in [1.54, 1.807) is 14.2 Å². The minimum absolute atomic E-state index is 0.224. The van der Waals surface area contributed by atoms with Crippen molar-refractivity contribution < 1.29 is 19.0 Å². The van der Waals surface area contributed by atoms with Gasteiger partial charge in [0.25, 0.3) is 0 Å². The van der Waals surface area contributed by atoms with E-state index in [1.807, 2.05) is 32.9 Å². The van der Waals surface area contributed by atoms with Gasteiger partial charge in [-0.2, -0.15) is 0 Å². The third-order valence-electron chi connectivity index (χ3n) is 5.59. The zero-order valence-electron chi connectivity index (χ0n) is 16.9. The smallest absolute Gasteiger partial charge is 0.230 e. The molecule has 1 aromatic carbocycles. The minimum Gasteiger partial charge on any atom is -0.496 e. The molecule has 1 N–H and O–H groups in total. The van der Waals surface area contributed by atoms with E-state index in [9.17, 15) is 5.11 Å². The molecule has 0 unspecified atom stereocenters. The Balaban J connectivity index is 1.79. The third-order valence-corrected chi connectivity index (χ3v) is 5.59. The lowest BCUT2D eigenvalue weighted by atomic mass is 9.92. The van der Waals surface area contributed by atoms with E-state index >= 15 is 0 Å². The van der Waals surface area contributed by atoms with Gasteiger partial charge in [0.15, 0.2) is 0 Å². The second kappa shape index (κ2) is 8.31. The molecule has 0 spiro atoms. The fourth-order valence-corrected chi connectivity index (χ4v) is 3.82. The van der Waals surface area contributed by atoms with Gasteiger partial charge in [0.05, 0.1) is 31.6 Å². The van der Waals surface area contributed by atoms with Crippen molar-refractivity contribution in [2.24, 2.45) is 5.92 Å². The molecular weight excluding hydrogens is 344 g/mol. The van der Waals surface area contributed by atoms with E-state index in [0.29, 0.717) is 11.8 Å². The number of piperidine rings is 1. The highest BCUT2D eigenvalue weighted by Gasteiger charge is 2.25. The molecule has 1 saturated heterocycles. The van der Waals surface area contributed by atoms with Crippen molar-refractivity contribution in [1.82, 2.24) is 9.88 Å². The number of methoxy groups -OCH3 is 2. The molecule has 0 radical (unpaired) electrons. The van der Waals surface area contributed by atoms with Gasteiger partial charge in [0.2, 0.25) is 5.89 Å². The highest BCUT2D eigenvalue weighted by atomic mass is 16.5.